The molecule has 0 aliphatic rings. The lowest BCUT2D eigenvalue weighted by Gasteiger charge is -2.14. The fourth-order valence-electron chi connectivity index (χ4n) is 1.36. The molecule has 0 N–H and O–H groups in total. The molecule has 1 unspecified atom stereocenters. The summed E-state index contributed by atoms with van der Waals surface area (Å²) in [5.74, 6) is 0.657. The summed E-state index contributed by atoms with van der Waals surface area (Å²) in [6.07, 6.45) is -0.275. The van der Waals surface area contributed by atoms with E-state index in [4.69, 9.17) is 14.2 Å². The average Bonchev–Trinajstić information content (AvgIpc) is 2.93. The lowest BCUT2D eigenvalue weighted by atomic mass is 10.5. The van der Waals surface area contributed by atoms with Gasteiger partial charge in [0.05, 0.1) is 13.2 Å². The predicted octanol–water partition coefficient (Wildman–Crippen LogP) is 3.43. The lowest BCUT2D eigenvalue weighted by molar-refractivity contribution is -0.132. The Labute approximate surface area is 128 Å². The molecule has 4 nitrogen and oxygen atoms in total. The second-order valence-electron chi connectivity index (χ2n) is 4.34. The van der Waals surface area contributed by atoms with Crippen LogP contribution in [0.15, 0.2) is 17.5 Å². The van der Waals surface area contributed by atoms with Crippen LogP contribution in [0.3, 0.4) is 0 Å². The first kappa shape index (κ1) is 17.5. The standard InChI is InChI=1S/C14H22O4S2/c1-11(2)19-10-8-17-12(3)16-6-7-18-14(15)13-5-4-9-20-13/h4-5,9,11-12H,6-8,10H2,1-3H3. The molecule has 0 saturated heterocycles. The third kappa shape index (κ3) is 7.89. The van der Waals surface area contributed by atoms with Gasteiger partial charge in [0, 0.05) is 5.75 Å². The third-order valence-corrected chi connectivity index (χ3v) is 4.20. The Kier molecular flexibility index (Phi) is 8.93. The number of carbonyl (C=O) groups excluding carboxylic acids is 1. The van der Waals surface area contributed by atoms with Crippen LogP contribution in [0.1, 0.15) is 30.4 Å². The van der Waals surface area contributed by atoms with Crippen molar-refractivity contribution in [3.8, 4) is 0 Å². The summed E-state index contributed by atoms with van der Waals surface area (Å²) in [6.45, 7) is 7.42. The normalized spacial score (nSPS) is 12.6. The van der Waals surface area contributed by atoms with Gasteiger partial charge in [-0.2, -0.15) is 11.8 Å². The highest BCUT2D eigenvalue weighted by Gasteiger charge is 2.08. The quantitative estimate of drug-likeness (QED) is 0.376. The number of thiophene rings is 1. The van der Waals surface area contributed by atoms with Crippen LogP contribution in [-0.2, 0) is 14.2 Å². The summed E-state index contributed by atoms with van der Waals surface area (Å²) in [5.41, 5.74) is 0. The SMILES string of the molecule is CC(OCCOC(=O)c1cccs1)OCCSC(C)C. The van der Waals surface area contributed by atoms with Gasteiger partial charge in [0.25, 0.3) is 0 Å². The van der Waals surface area contributed by atoms with Crippen molar-refractivity contribution >= 4 is 29.1 Å². The Hall–Kier alpha value is -0.560. The van der Waals surface area contributed by atoms with Gasteiger partial charge in [0.1, 0.15) is 11.5 Å². The van der Waals surface area contributed by atoms with Crippen LogP contribution in [0.5, 0.6) is 0 Å². The summed E-state index contributed by atoms with van der Waals surface area (Å²) in [7, 11) is 0. The van der Waals surface area contributed by atoms with Gasteiger partial charge in [-0.1, -0.05) is 19.9 Å². The third-order valence-electron chi connectivity index (χ3n) is 2.28. The molecular formula is C14H22O4S2. The zero-order chi connectivity index (χ0) is 14.8. The topological polar surface area (TPSA) is 44.8 Å². The summed E-state index contributed by atoms with van der Waals surface area (Å²) in [5, 5.41) is 2.46. The number of thioether (sulfide) groups is 1. The van der Waals surface area contributed by atoms with Crippen molar-refractivity contribution in [2.75, 3.05) is 25.6 Å². The van der Waals surface area contributed by atoms with Gasteiger partial charge in [-0.05, 0) is 23.6 Å². The monoisotopic (exact) mass is 318 g/mol. The van der Waals surface area contributed by atoms with Crippen LogP contribution in [0.4, 0.5) is 0 Å². The minimum Gasteiger partial charge on any atom is -0.459 e. The first-order valence-electron chi connectivity index (χ1n) is 6.65. The number of hydrogen-bond acceptors (Lipinski definition) is 6. The van der Waals surface area contributed by atoms with Gasteiger partial charge >= 0.3 is 5.97 Å². The van der Waals surface area contributed by atoms with E-state index in [1.165, 1.54) is 11.3 Å². The van der Waals surface area contributed by atoms with Crippen LogP contribution in [-0.4, -0.2) is 43.1 Å². The second-order valence-corrected chi connectivity index (χ2v) is 6.97. The molecule has 6 heteroatoms. The Morgan fingerprint density at radius 1 is 1.25 bits per heavy atom. The number of carbonyl (C=O) groups is 1. The van der Waals surface area contributed by atoms with Crippen molar-refractivity contribution in [1.29, 1.82) is 0 Å². The van der Waals surface area contributed by atoms with E-state index >= 15 is 0 Å². The Morgan fingerprint density at radius 2 is 2.00 bits per heavy atom. The Balaban J connectivity index is 1.99. The molecule has 0 radical (unpaired) electrons. The van der Waals surface area contributed by atoms with Gasteiger partial charge in [-0.25, -0.2) is 4.79 Å². The molecule has 0 amide bonds. The van der Waals surface area contributed by atoms with E-state index < -0.39 is 0 Å². The van der Waals surface area contributed by atoms with Crippen LogP contribution in [0, 0.1) is 0 Å². The molecule has 0 aromatic carbocycles. The summed E-state index contributed by atoms with van der Waals surface area (Å²) < 4.78 is 16.0. The van der Waals surface area contributed by atoms with Crippen LogP contribution in [0.25, 0.3) is 0 Å². The summed E-state index contributed by atoms with van der Waals surface area (Å²) in [6, 6.07) is 3.56. The molecule has 0 spiro atoms. The fraction of sp³-hybridized carbons (Fsp3) is 0.643. The van der Waals surface area contributed by atoms with Gasteiger partial charge in [0.2, 0.25) is 0 Å². The average molecular weight is 318 g/mol. The van der Waals surface area contributed by atoms with E-state index in [0.717, 1.165) is 5.75 Å². The molecule has 0 fully saturated rings. The number of ether oxygens (including phenoxy) is 3. The maximum absolute atomic E-state index is 11.5. The summed E-state index contributed by atoms with van der Waals surface area (Å²) in [4.78, 5) is 12.1. The fourth-order valence-corrected chi connectivity index (χ4v) is 2.64. The number of hydrogen-bond donors (Lipinski definition) is 0. The van der Waals surface area contributed by atoms with Crippen molar-refractivity contribution in [3.63, 3.8) is 0 Å². The second kappa shape index (κ2) is 10.2. The molecule has 114 valence electrons. The zero-order valence-electron chi connectivity index (χ0n) is 12.2. The number of esters is 1. The van der Waals surface area contributed by atoms with Gasteiger partial charge in [-0.3, -0.25) is 0 Å². The van der Waals surface area contributed by atoms with Crippen molar-refractivity contribution in [3.05, 3.63) is 22.4 Å². The first-order chi connectivity index (χ1) is 9.59. The molecule has 0 saturated carbocycles. The molecule has 0 aliphatic heterocycles. The molecule has 1 heterocycles. The number of rotatable bonds is 10. The molecule has 1 aromatic rings. The molecule has 20 heavy (non-hydrogen) atoms. The van der Waals surface area contributed by atoms with Gasteiger partial charge < -0.3 is 14.2 Å². The summed E-state index contributed by atoms with van der Waals surface area (Å²) >= 11 is 3.22. The van der Waals surface area contributed by atoms with Crippen LogP contribution >= 0.6 is 23.1 Å². The highest BCUT2D eigenvalue weighted by Crippen LogP contribution is 2.10. The van der Waals surface area contributed by atoms with Crippen molar-refractivity contribution in [2.45, 2.75) is 32.3 Å². The predicted molar refractivity (Wildman–Crippen MR) is 83.6 cm³/mol. The van der Waals surface area contributed by atoms with Gasteiger partial charge in [0.15, 0.2) is 6.29 Å². The Morgan fingerprint density at radius 3 is 2.65 bits per heavy atom. The molecule has 1 atom stereocenters. The maximum atomic E-state index is 11.5. The van der Waals surface area contributed by atoms with E-state index in [0.29, 0.717) is 23.3 Å². The van der Waals surface area contributed by atoms with Gasteiger partial charge in [-0.15, -0.1) is 11.3 Å². The van der Waals surface area contributed by atoms with Crippen LogP contribution < -0.4 is 0 Å². The maximum Gasteiger partial charge on any atom is 0.348 e. The highest BCUT2D eigenvalue weighted by molar-refractivity contribution is 7.99. The van der Waals surface area contributed by atoms with Crippen LogP contribution in [0.2, 0.25) is 0 Å². The van der Waals surface area contributed by atoms with Crippen molar-refractivity contribution in [1.82, 2.24) is 0 Å². The highest BCUT2D eigenvalue weighted by atomic mass is 32.2. The van der Waals surface area contributed by atoms with Crippen molar-refractivity contribution < 1.29 is 19.0 Å². The lowest BCUT2D eigenvalue weighted by Crippen LogP contribution is -2.19. The van der Waals surface area contributed by atoms with E-state index in [2.05, 4.69) is 13.8 Å². The molecule has 0 aliphatic carbocycles. The molecule has 1 rings (SSSR count). The smallest absolute Gasteiger partial charge is 0.348 e. The molecule has 0 bridgehead atoms. The minimum absolute atomic E-state index is 0.241. The molecule has 1 aromatic heterocycles. The van der Waals surface area contributed by atoms with E-state index in [9.17, 15) is 4.79 Å². The van der Waals surface area contributed by atoms with E-state index in [1.54, 1.807) is 6.07 Å². The van der Waals surface area contributed by atoms with Crippen molar-refractivity contribution in [2.24, 2.45) is 0 Å². The largest absolute Gasteiger partial charge is 0.459 e. The first-order valence-corrected chi connectivity index (χ1v) is 8.58. The van der Waals surface area contributed by atoms with E-state index in [-0.39, 0.29) is 18.9 Å². The zero-order valence-corrected chi connectivity index (χ0v) is 13.8. The molecular weight excluding hydrogens is 296 g/mol. The van der Waals surface area contributed by atoms with E-state index in [1.807, 2.05) is 30.1 Å². The minimum atomic E-state index is -0.300. The Bertz CT molecular complexity index is 365.